The number of carbonyl (C=O) groups is 1. The lowest BCUT2D eigenvalue weighted by Gasteiger charge is -2.30. The van der Waals surface area contributed by atoms with Gasteiger partial charge in [0, 0.05) is 24.2 Å². The highest BCUT2D eigenvalue weighted by atomic mass is 32.2. The van der Waals surface area contributed by atoms with E-state index < -0.39 is 27.8 Å². The Hall–Kier alpha value is -5.14. The van der Waals surface area contributed by atoms with E-state index in [2.05, 4.69) is 24.8 Å². The lowest BCUT2D eigenvalue weighted by molar-refractivity contribution is -0.492. The van der Waals surface area contributed by atoms with Crippen LogP contribution in [0.2, 0.25) is 0 Å². The standard InChI is InChI=1S/C30H34N6O11S/c1-20-11-12-25(32-19-20)48(40,41)35(21(2)46-30(37)44-17-7-8-18-45-36(38)39)28-26(47-24-10-6-5-9-23(24)42-3)29(43-4)34-27(33-28)22-13-15-31-16-14-22/h5-6,9-16,19,21,38-39H,7-8,17-18H2,1-4H3. The summed E-state index contributed by atoms with van der Waals surface area (Å²) in [7, 11) is -1.90. The van der Waals surface area contributed by atoms with E-state index in [0.717, 1.165) is 4.31 Å². The summed E-state index contributed by atoms with van der Waals surface area (Å²) in [4.78, 5) is 34.5. The summed E-state index contributed by atoms with van der Waals surface area (Å²) in [5.74, 6) is -0.250. The van der Waals surface area contributed by atoms with Crippen molar-refractivity contribution in [3.05, 3.63) is 72.7 Å². The van der Waals surface area contributed by atoms with E-state index in [-0.39, 0.29) is 53.7 Å². The number of hydrogen-bond donors (Lipinski definition) is 2. The molecule has 256 valence electrons. The smallest absolute Gasteiger partial charge is 0.493 e. The van der Waals surface area contributed by atoms with Crippen LogP contribution >= 0.6 is 0 Å². The first-order chi connectivity index (χ1) is 23.0. The lowest BCUT2D eigenvalue weighted by Crippen LogP contribution is -2.42. The molecule has 18 heteroatoms. The van der Waals surface area contributed by atoms with Crippen LogP contribution in [-0.2, 0) is 24.3 Å². The van der Waals surface area contributed by atoms with E-state index in [1.807, 2.05) is 0 Å². The van der Waals surface area contributed by atoms with Gasteiger partial charge in [0.2, 0.25) is 5.75 Å². The number of hydrogen-bond acceptors (Lipinski definition) is 16. The van der Waals surface area contributed by atoms with Crippen LogP contribution < -0.4 is 18.5 Å². The summed E-state index contributed by atoms with van der Waals surface area (Å²) in [6.45, 7) is 2.83. The molecule has 2 N–H and O–H groups in total. The maximum atomic E-state index is 14.4. The summed E-state index contributed by atoms with van der Waals surface area (Å²) < 4.78 is 57.4. The number of aromatic nitrogens is 4. The number of sulfonamides is 1. The Kier molecular flexibility index (Phi) is 12.4. The van der Waals surface area contributed by atoms with Crippen LogP contribution in [0.3, 0.4) is 0 Å². The van der Waals surface area contributed by atoms with Crippen molar-refractivity contribution in [2.75, 3.05) is 31.7 Å². The first kappa shape index (κ1) is 35.7. The maximum absolute atomic E-state index is 14.4. The second-order valence-electron chi connectivity index (χ2n) is 9.78. The number of benzene rings is 1. The molecule has 17 nitrogen and oxygen atoms in total. The minimum atomic E-state index is -4.66. The van der Waals surface area contributed by atoms with E-state index >= 15 is 0 Å². The zero-order valence-corrected chi connectivity index (χ0v) is 27.2. The highest BCUT2D eigenvalue weighted by Gasteiger charge is 2.39. The summed E-state index contributed by atoms with van der Waals surface area (Å²) >= 11 is 0. The third kappa shape index (κ3) is 9.02. The number of pyridine rings is 2. The van der Waals surface area contributed by atoms with Gasteiger partial charge in [-0.15, -0.1) is 0 Å². The molecule has 0 spiro atoms. The second-order valence-corrected chi connectivity index (χ2v) is 11.5. The molecule has 0 aliphatic carbocycles. The highest BCUT2D eigenvalue weighted by molar-refractivity contribution is 7.92. The molecule has 0 saturated carbocycles. The van der Waals surface area contributed by atoms with Crippen LogP contribution in [0.4, 0.5) is 10.6 Å². The summed E-state index contributed by atoms with van der Waals surface area (Å²) in [6, 6.07) is 12.7. The first-order valence-electron chi connectivity index (χ1n) is 14.3. The molecule has 0 saturated heterocycles. The zero-order chi connectivity index (χ0) is 34.7. The molecule has 4 rings (SSSR count). The molecule has 0 bridgehead atoms. The largest absolute Gasteiger partial charge is 0.510 e. The number of methoxy groups -OCH3 is 2. The van der Waals surface area contributed by atoms with Crippen molar-refractivity contribution in [3.8, 4) is 34.5 Å². The van der Waals surface area contributed by atoms with Gasteiger partial charge in [-0.1, -0.05) is 18.2 Å². The van der Waals surface area contributed by atoms with Gasteiger partial charge >= 0.3 is 6.16 Å². The highest BCUT2D eigenvalue weighted by Crippen LogP contribution is 2.44. The van der Waals surface area contributed by atoms with Gasteiger partial charge in [0.15, 0.2) is 34.4 Å². The fourth-order valence-electron chi connectivity index (χ4n) is 4.15. The molecule has 0 aliphatic heterocycles. The molecule has 3 heterocycles. The van der Waals surface area contributed by atoms with Crippen LogP contribution in [-0.4, -0.2) is 84.0 Å². The predicted molar refractivity (Wildman–Crippen MR) is 166 cm³/mol. The predicted octanol–water partition coefficient (Wildman–Crippen LogP) is 4.54. The third-order valence-corrected chi connectivity index (χ3v) is 8.17. The summed E-state index contributed by atoms with van der Waals surface area (Å²) in [5, 5.41) is 16.4. The minimum absolute atomic E-state index is 0.0370. The average molecular weight is 687 g/mol. The third-order valence-electron chi connectivity index (χ3n) is 6.41. The molecule has 1 atom stereocenters. The monoisotopic (exact) mass is 686 g/mol. The number of unbranched alkanes of at least 4 members (excludes halogenated alkanes) is 1. The molecule has 0 fully saturated rings. The van der Waals surface area contributed by atoms with Crippen LogP contribution in [0.25, 0.3) is 11.4 Å². The van der Waals surface area contributed by atoms with Gasteiger partial charge < -0.3 is 23.7 Å². The number of para-hydroxylation sites is 2. The minimum Gasteiger partial charge on any atom is -0.493 e. The molecule has 48 heavy (non-hydrogen) atoms. The molecule has 3 aromatic heterocycles. The molecular formula is C30H34N6O11S. The summed E-state index contributed by atoms with van der Waals surface area (Å²) in [6.07, 6.45) is 2.14. The molecule has 1 unspecified atom stereocenters. The van der Waals surface area contributed by atoms with E-state index in [4.69, 9.17) is 34.1 Å². The molecule has 0 aliphatic rings. The molecule has 0 amide bonds. The van der Waals surface area contributed by atoms with Gasteiger partial charge in [-0.05, 0) is 62.6 Å². The Morgan fingerprint density at radius 2 is 1.65 bits per heavy atom. The Morgan fingerprint density at radius 1 is 0.938 bits per heavy atom. The van der Waals surface area contributed by atoms with E-state index in [0.29, 0.717) is 23.3 Å². The van der Waals surface area contributed by atoms with Crippen LogP contribution in [0.5, 0.6) is 23.1 Å². The lowest BCUT2D eigenvalue weighted by atomic mass is 10.2. The second kappa shape index (κ2) is 16.6. The van der Waals surface area contributed by atoms with Gasteiger partial charge in [-0.25, -0.2) is 19.1 Å². The maximum Gasteiger partial charge on any atom is 0.510 e. The van der Waals surface area contributed by atoms with E-state index in [1.165, 1.54) is 45.8 Å². The van der Waals surface area contributed by atoms with Gasteiger partial charge in [-0.2, -0.15) is 13.4 Å². The van der Waals surface area contributed by atoms with Crippen molar-refractivity contribution >= 4 is 22.0 Å². The fraction of sp³-hybridized carbons (Fsp3) is 0.300. The summed E-state index contributed by atoms with van der Waals surface area (Å²) in [5.41, 5.74) is 1.16. The quantitative estimate of drug-likeness (QED) is 0.0718. The molecular weight excluding hydrogens is 652 g/mol. The van der Waals surface area contributed by atoms with Crippen molar-refractivity contribution in [1.29, 1.82) is 0 Å². The molecule has 1 aromatic carbocycles. The number of rotatable bonds is 16. The van der Waals surface area contributed by atoms with E-state index in [9.17, 15) is 13.2 Å². The normalized spacial score (nSPS) is 11.9. The number of carbonyl (C=O) groups excluding carboxylic acids is 1. The molecule has 0 radical (unpaired) electrons. The van der Waals surface area contributed by atoms with Crippen LogP contribution in [0.15, 0.2) is 72.1 Å². The number of aryl methyl sites for hydroxylation is 1. The van der Waals surface area contributed by atoms with Gasteiger partial charge in [0.1, 0.15) is 0 Å². The topological polar surface area (TPSA) is 205 Å². The SMILES string of the molecule is COc1ccccc1Oc1c(OC)nc(-c2ccncc2)nc1N(C(C)OC(=O)OCCCCON(O)O)S(=O)(=O)c1ccc(C)cn1. The number of anilines is 1. The van der Waals surface area contributed by atoms with Crippen molar-refractivity contribution in [2.24, 2.45) is 0 Å². The van der Waals surface area contributed by atoms with Crippen molar-refractivity contribution in [2.45, 2.75) is 37.9 Å². The number of nitrogens with zero attached hydrogens (tertiary/aromatic N) is 6. The Bertz CT molecular complexity index is 1760. The van der Waals surface area contributed by atoms with Crippen molar-refractivity contribution in [1.82, 2.24) is 25.3 Å². The van der Waals surface area contributed by atoms with E-state index in [1.54, 1.807) is 49.4 Å². The first-order valence-corrected chi connectivity index (χ1v) is 15.8. The zero-order valence-electron chi connectivity index (χ0n) is 26.4. The molecule has 4 aromatic rings. The van der Waals surface area contributed by atoms with Crippen LogP contribution in [0, 0.1) is 6.92 Å². The van der Waals surface area contributed by atoms with Crippen LogP contribution in [0.1, 0.15) is 25.3 Å². The van der Waals surface area contributed by atoms with Crippen molar-refractivity contribution < 1.29 is 52.1 Å². The van der Waals surface area contributed by atoms with Gasteiger partial charge in [0.05, 0.1) is 32.8 Å². The Balaban J connectivity index is 1.83. The van der Waals surface area contributed by atoms with Gasteiger partial charge in [-0.3, -0.25) is 20.2 Å². The van der Waals surface area contributed by atoms with Gasteiger partial charge in [0.25, 0.3) is 15.9 Å². The number of ether oxygens (including phenoxy) is 5. The Labute approximate surface area is 276 Å². The van der Waals surface area contributed by atoms with Crippen molar-refractivity contribution in [3.63, 3.8) is 0 Å². The fourth-order valence-corrected chi connectivity index (χ4v) is 5.57. The average Bonchev–Trinajstić information content (AvgIpc) is 3.07. The Morgan fingerprint density at radius 3 is 2.29 bits per heavy atom.